The van der Waals surface area contributed by atoms with Crippen molar-refractivity contribution >= 4 is 5.91 Å². The maximum absolute atomic E-state index is 12.9. The normalized spacial score (nSPS) is 17.2. The van der Waals surface area contributed by atoms with Gasteiger partial charge in [0, 0.05) is 50.7 Å². The van der Waals surface area contributed by atoms with Crippen molar-refractivity contribution in [2.24, 2.45) is 0 Å². The third kappa shape index (κ3) is 3.63. The number of pyridine rings is 1. The zero-order valence-corrected chi connectivity index (χ0v) is 16.0. The van der Waals surface area contributed by atoms with Crippen LogP contribution in [0.15, 0.2) is 41.2 Å². The van der Waals surface area contributed by atoms with Gasteiger partial charge in [-0.2, -0.15) is 0 Å². The minimum absolute atomic E-state index is 0.0983. The molecule has 0 atom stereocenters. The Hall–Kier alpha value is -3.13. The van der Waals surface area contributed by atoms with E-state index in [1.807, 2.05) is 18.2 Å². The van der Waals surface area contributed by atoms with Crippen molar-refractivity contribution in [1.82, 2.24) is 24.8 Å². The fourth-order valence-electron chi connectivity index (χ4n) is 3.76. The number of carbonyl (C=O) groups is 1. The van der Waals surface area contributed by atoms with E-state index >= 15 is 0 Å². The third-order valence-corrected chi connectivity index (χ3v) is 5.39. The van der Waals surface area contributed by atoms with Crippen molar-refractivity contribution in [1.29, 1.82) is 0 Å². The van der Waals surface area contributed by atoms with Crippen LogP contribution >= 0.6 is 0 Å². The molecule has 2 aliphatic heterocycles. The molecule has 3 aromatic heterocycles. The predicted octanol–water partition coefficient (Wildman–Crippen LogP) is 2.62. The quantitative estimate of drug-likeness (QED) is 0.677. The van der Waals surface area contributed by atoms with E-state index in [9.17, 15) is 4.79 Å². The first-order chi connectivity index (χ1) is 14.3. The number of hydrogen-bond donors (Lipinski definition) is 0. The van der Waals surface area contributed by atoms with Gasteiger partial charge in [-0.3, -0.25) is 9.78 Å². The van der Waals surface area contributed by atoms with E-state index in [2.05, 4.69) is 15.0 Å². The first kappa shape index (κ1) is 17.9. The van der Waals surface area contributed by atoms with E-state index in [0.29, 0.717) is 42.5 Å². The summed E-state index contributed by atoms with van der Waals surface area (Å²) >= 11 is 0. The van der Waals surface area contributed by atoms with Gasteiger partial charge < -0.3 is 14.1 Å². The Kier molecular flexibility index (Phi) is 4.77. The number of fused-ring (bicyclic) bond motifs is 1. The number of ether oxygens (including phenoxy) is 1. The summed E-state index contributed by atoms with van der Waals surface area (Å²) in [6.45, 7) is 2.53. The fourth-order valence-corrected chi connectivity index (χ4v) is 3.76. The summed E-state index contributed by atoms with van der Waals surface area (Å²) in [6.07, 6.45) is 7.35. The zero-order valence-electron chi connectivity index (χ0n) is 16.0. The molecule has 0 bridgehead atoms. The van der Waals surface area contributed by atoms with E-state index in [0.717, 1.165) is 43.4 Å². The van der Waals surface area contributed by atoms with E-state index < -0.39 is 0 Å². The molecule has 0 aliphatic carbocycles. The smallest absolute Gasteiger partial charge is 0.257 e. The second-order valence-electron chi connectivity index (χ2n) is 7.30. The number of nitrogens with zero attached hydrogens (tertiary/aromatic N) is 5. The molecular weight excluding hydrogens is 370 g/mol. The van der Waals surface area contributed by atoms with Gasteiger partial charge in [-0.25, -0.2) is 15.0 Å². The van der Waals surface area contributed by atoms with Crippen molar-refractivity contribution in [2.75, 3.05) is 19.8 Å². The predicted molar refractivity (Wildman–Crippen MR) is 103 cm³/mol. The molecule has 0 aromatic carbocycles. The largest absolute Gasteiger partial charge is 0.445 e. The van der Waals surface area contributed by atoms with Crippen LogP contribution in [-0.4, -0.2) is 50.5 Å². The molecule has 2 aliphatic rings. The molecule has 1 amide bonds. The lowest BCUT2D eigenvalue weighted by molar-refractivity contribution is 0.0725. The van der Waals surface area contributed by atoms with Crippen molar-refractivity contribution in [3.8, 4) is 11.5 Å². The van der Waals surface area contributed by atoms with Crippen molar-refractivity contribution in [3.63, 3.8) is 0 Å². The van der Waals surface area contributed by atoms with Crippen LogP contribution in [0.25, 0.3) is 11.5 Å². The van der Waals surface area contributed by atoms with Crippen LogP contribution in [0.3, 0.4) is 0 Å². The Balaban J connectivity index is 1.30. The molecule has 5 rings (SSSR count). The number of rotatable bonds is 3. The summed E-state index contributed by atoms with van der Waals surface area (Å²) in [5.41, 5.74) is 2.00. The van der Waals surface area contributed by atoms with Gasteiger partial charge in [-0.05, 0) is 25.0 Å². The lowest BCUT2D eigenvalue weighted by atomic mass is 10.0. The minimum atomic E-state index is -0.0983. The molecule has 8 heteroatoms. The van der Waals surface area contributed by atoms with Crippen molar-refractivity contribution < 1.29 is 13.9 Å². The molecule has 0 saturated carbocycles. The molecule has 0 N–H and O–H groups in total. The van der Waals surface area contributed by atoms with Gasteiger partial charge in [0.15, 0.2) is 11.7 Å². The molecule has 0 unspecified atom stereocenters. The molecule has 3 aromatic rings. The Labute approximate surface area is 168 Å². The monoisotopic (exact) mass is 391 g/mol. The summed E-state index contributed by atoms with van der Waals surface area (Å²) in [5.74, 6) is 2.40. The van der Waals surface area contributed by atoms with Gasteiger partial charge in [-0.15, -0.1) is 0 Å². The SMILES string of the molecule is O=C(c1cnc(-c2ccccn2)nc1)N1CCc2oc(C3CCOCC3)nc2C1. The van der Waals surface area contributed by atoms with Crippen LogP contribution in [0.1, 0.15) is 46.5 Å². The molecule has 1 fully saturated rings. The number of amides is 1. The van der Waals surface area contributed by atoms with E-state index in [-0.39, 0.29) is 5.91 Å². The van der Waals surface area contributed by atoms with Gasteiger partial charge in [0.05, 0.1) is 12.1 Å². The molecule has 29 heavy (non-hydrogen) atoms. The summed E-state index contributed by atoms with van der Waals surface area (Å²) in [4.78, 5) is 32.2. The van der Waals surface area contributed by atoms with Crippen molar-refractivity contribution in [2.45, 2.75) is 31.7 Å². The van der Waals surface area contributed by atoms with Gasteiger partial charge in [0.25, 0.3) is 5.91 Å². The van der Waals surface area contributed by atoms with Crippen LogP contribution in [0, 0.1) is 0 Å². The summed E-state index contributed by atoms with van der Waals surface area (Å²) in [5, 5.41) is 0. The van der Waals surface area contributed by atoms with Crippen LogP contribution in [0.5, 0.6) is 0 Å². The highest BCUT2D eigenvalue weighted by Gasteiger charge is 2.29. The summed E-state index contributed by atoms with van der Waals surface area (Å²) in [7, 11) is 0. The van der Waals surface area contributed by atoms with Gasteiger partial charge in [0.1, 0.15) is 17.1 Å². The van der Waals surface area contributed by atoms with Gasteiger partial charge in [0.2, 0.25) is 0 Å². The topological polar surface area (TPSA) is 94.2 Å². The zero-order chi connectivity index (χ0) is 19.6. The third-order valence-electron chi connectivity index (χ3n) is 5.39. The lowest BCUT2D eigenvalue weighted by Crippen LogP contribution is -2.36. The van der Waals surface area contributed by atoms with Crippen LogP contribution in [0.2, 0.25) is 0 Å². The first-order valence-corrected chi connectivity index (χ1v) is 9.87. The average molecular weight is 391 g/mol. The van der Waals surface area contributed by atoms with Crippen LogP contribution < -0.4 is 0 Å². The second-order valence-corrected chi connectivity index (χ2v) is 7.30. The number of aromatic nitrogens is 4. The van der Waals surface area contributed by atoms with Gasteiger partial charge in [-0.1, -0.05) is 6.07 Å². The number of hydrogen-bond acceptors (Lipinski definition) is 7. The second kappa shape index (κ2) is 7.71. The Morgan fingerprint density at radius 3 is 2.69 bits per heavy atom. The summed E-state index contributed by atoms with van der Waals surface area (Å²) < 4.78 is 11.4. The van der Waals surface area contributed by atoms with Crippen molar-refractivity contribution in [3.05, 3.63) is 59.7 Å². The minimum Gasteiger partial charge on any atom is -0.445 e. The molecular formula is C21H21N5O3. The number of oxazole rings is 1. The fraction of sp³-hybridized carbons (Fsp3) is 0.381. The molecule has 8 nitrogen and oxygen atoms in total. The Bertz CT molecular complexity index is 997. The number of carbonyl (C=O) groups excluding carboxylic acids is 1. The van der Waals surface area contributed by atoms with E-state index in [4.69, 9.17) is 14.1 Å². The highest BCUT2D eigenvalue weighted by Crippen LogP contribution is 2.30. The molecule has 0 spiro atoms. The molecule has 1 saturated heterocycles. The Morgan fingerprint density at radius 1 is 1.10 bits per heavy atom. The molecule has 5 heterocycles. The van der Waals surface area contributed by atoms with Crippen LogP contribution in [-0.2, 0) is 17.7 Å². The maximum atomic E-state index is 12.9. The maximum Gasteiger partial charge on any atom is 0.257 e. The highest BCUT2D eigenvalue weighted by atomic mass is 16.5. The Morgan fingerprint density at radius 2 is 1.93 bits per heavy atom. The van der Waals surface area contributed by atoms with E-state index in [1.165, 1.54) is 0 Å². The van der Waals surface area contributed by atoms with Gasteiger partial charge >= 0.3 is 0 Å². The van der Waals surface area contributed by atoms with Crippen LogP contribution in [0.4, 0.5) is 0 Å². The molecule has 148 valence electrons. The summed E-state index contributed by atoms with van der Waals surface area (Å²) in [6, 6.07) is 5.55. The highest BCUT2D eigenvalue weighted by molar-refractivity contribution is 5.93. The average Bonchev–Trinajstić information content (AvgIpc) is 3.23. The first-order valence-electron chi connectivity index (χ1n) is 9.87. The lowest BCUT2D eigenvalue weighted by Gasteiger charge is -2.25. The standard InChI is InChI=1S/C21H21N5O3/c27-21(15-11-23-19(24-12-15)16-3-1-2-7-22-16)26-8-4-18-17(13-26)25-20(29-18)14-5-9-28-10-6-14/h1-3,7,11-12,14H,4-6,8-10,13H2. The van der Waals surface area contributed by atoms with E-state index in [1.54, 1.807) is 23.5 Å². The molecule has 0 radical (unpaired) electrons.